The van der Waals surface area contributed by atoms with E-state index in [0.29, 0.717) is 23.9 Å². The number of nitrogens with zero attached hydrogens (tertiary/aromatic N) is 4. The molecule has 0 radical (unpaired) electrons. The lowest BCUT2D eigenvalue weighted by atomic mass is 10.1. The van der Waals surface area contributed by atoms with Crippen molar-refractivity contribution in [2.24, 2.45) is 0 Å². The minimum Gasteiger partial charge on any atom is -0.497 e. The molecular weight excluding hydrogens is 484 g/mol. The van der Waals surface area contributed by atoms with E-state index in [0.717, 1.165) is 29.1 Å². The van der Waals surface area contributed by atoms with Crippen LogP contribution in [0, 0.1) is 0 Å². The number of H-pyrrole nitrogens is 1. The Kier molecular flexibility index (Phi) is 7.03. The fourth-order valence-electron chi connectivity index (χ4n) is 4.43. The molecule has 0 saturated carbocycles. The molecule has 2 aromatic carbocycles. The summed E-state index contributed by atoms with van der Waals surface area (Å²) in [6.45, 7) is 1.56. The van der Waals surface area contributed by atoms with E-state index in [2.05, 4.69) is 31.6 Å². The number of benzene rings is 2. The molecule has 1 aliphatic heterocycles. The second-order valence-corrected chi connectivity index (χ2v) is 9.20. The molecule has 0 unspecified atom stereocenters. The Bertz CT molecular complexity index is 1680. The number of aromatic nitrogens is 4. The zero-order chi connectivity index (χ0) is 26.6. The number of ether oxygens (including phenoxy) is 1. The molecule has 1 amide bonds. The average Bonchev–Trinajstić information content (AvgIpc) is 3.31. The van der Waals surface area contributed by atoms with Crippen molar-refractivity contribution in [1.82, 2.24) is 30.2 Å². The van der Waals surface area contributed by atoms with Gasteiger partial charge in [-0.15, -0.1) is 5.10 Å². The molecule has 0 bridgehead atoms. The third kappa shape index (κ3) is 5.19. The van der Waals surface area contributed by atoms with Gasteiger partial charge in [0, 0.05) is 31.1 Å². The van der Waals surface area contributed by atoms with Gasteiger partial charge in [-0.25, -0.2) is 4.68 Å². The number of carbonyl (C=O) groups is 1. The number of hydrogen-bond donors (Lipinski definition) is 2. The number of hydrogen-bond acceptors (Lipinski definition) is 7. The molecule has 2 aromatic heterocycles. The summed E-state index contributed by atoms with van der Waals surface area (Å²) >= 11 is 0. The number of carbonyl (C=O) groups excluding carboxylic acids is 1. The van der Waals surface area contributed by atoms with Crippen molar-refractivity contribution in [1.29, 1.82) is 0 Å². The van der Waals surface area contributed by atoms with Crippen molar-refractivity contribution in [3.63, 3.8) is 0 Å². The highest BCUT2D eigenvalue weighted by Crippen LogP contribution is 2.16. The molecule has 0 saturated heterocycles. The van der Waals surface area contributed by atoms with E-state index < -0.39 is 5.56 Å². The van der Waals surface area contributed by atoms with Crippen LogP contribution in [0.5, 0.6) is 5.75 Å². The van der Waals surface area contributed by atoms with Gasteiger partial charge in [0.25, 0.3) is 5.56 Å². The van der Waals surface area contributed by atoms with Crippen molar-refractivity contribution in [3.05, 3.63) is 98.1 Å². The molecule has 4 aromatic rings. The van der Waals surface area contributed by atoms with Gasteiger partial charge < -0.3 is 19.9 Å². The van der Waals surface area contributed by atoms with Gasteiger partial charge in [0.2, 0.25) is 11.3 Å². The van der Waals surface area contributed by atoms with Gasteiger partial charge in [0.15, 0.2) is 5.52 Å². The molecule has 0 spiro atoms. The van der Waals surface area contributed by atoms with E-state index in [9.17, 15) is 14.4 Å². The van der Waals surface area contributed by atoms with Crippen molar-refractivity contribution in [2.75, 3.05) is 27.2 Å². The normalized spacial score (nSPS) is 13.1. The third-order valence-corrected chi connectivity index (χ3v) is 6.64. The monoisotopic (exact) mass is 512 g/mol. The summed E-state index contributed by atoms with van der Waals surface area (Å²) in [5.41, 5.74) is 2.45. The van der Waals surface area contributed by atoms with E-state index in [-0.39, 0.29) is 35.3 Å². The Morgan fingerprint density at radius 2 is 1.92 bits per heavy atom. The zero-order valence-electron chi connectivity index (χ0n) is 21.2. The molecule has 38 heavy (non-hydrogen) atoms. The second kappa shape index (κ2) is 10.7. The molecule has 194 valence electrons. The largest absolute Gasteiger partial charge is 0.497 e. The maximum atomic E-state index is 13.5. The van der Waals surface area contributed by atoms with Crippen molar-refractivity contribution >= 4 is 27.8 Å². The van der Waals surface area contributed by atoms with Gasteiger partial charge in [-0.05, 0) is 47.9 Å². The molecule has 10 heteroatoms. The highest BCUT2D eigenvalue weighted by atomic mass is 16.5. The summed E-state index contributed by atoms with van der Waals surface area (Å²) in [5, 5.41) is 11.4. The topological polar surface area (TPSA) is 122 Å². The lowest BCUT2D eigenvalue weighted by molar-refractivity contribution is -0.120. The van der Waals surface area contributed by atoms with Crippen LogP contribution in [0.15, 0.2) is 76.0 Å². The molecular formula is C28H28N6O4. The molecule has 1 aliphatic rings. The van der Waals surface area contributed by atoms with E-state index >= 15 is 0 Å². The standard InChI is InChI=1S/C28H28N6O4/c1-33-14-4-3-5-20(33)16-29-24(35)13-9-18-8-12-22-23(15-18)30-28(37)25-26(27(22)36)34(32-31-25)17-19-6-10-21(38-2)11-7-19/h3-8,10-12,15H,9,13-14,16-17H2,1-2H3,(H,29,35)(H,30,37). The predicted octanol–water partition coefficient (Wildman–Crippen LogP) is 2.12. The Morgan fingerprint density at radius 3 is 2.68 bits per heavy atom. The minimum absolute atomic E-state index is 0.0162. The highest BCUT2D eigenvalue weighted by Gasteiger charge is 2.15. The van der Waals surface area contributed by atoms with Crippen molar-refractivity contribution in [3.8, 4) is 5.75 Å². The smallest absolute Gasteiger partial charge is 0.278 e. The molecule has 0 atom stereocenters. The van der Waals surface area contributed by atoms with E-state index in [1.807, 2.05) is 43.5 Å². The first-order valence-corrected chi connectivity index (χ1v) is 12.3. The van der Waals surface area contributed by atoms with Crippen LogP contribution in [0.25, 0.3) is 21.9 Å². The van der Waals surface area contributed by atoms with E-state index in [1.54, 1.807) is 25.3 Å². The lowest BCUT2D eigenvalue weighted by Crippen LogP contribution is -2.32. The fraction of sp³-hybridized carbons (Fsp3) is 0.250. The maximum Gasteiger partial charge on any atom is 0.278 e. The molecule has 0 fully saturated rings. The third-order valence-electron chi connectivity index (χ3n) is 6.64. The summed E-state index contributed by atoms with van der Waals surface area (Å²) in [6, 6.07) is 12.6. The van der Waals surface area contributed by atoms with Crippen LogP contribution in [0.1, 0.15) is 17.5 Å². The predicted molar refractivity (Wildman–Crippen MR) is 145 cm³/mol. The first-order valence-electron chi connectivity index (χ1n) is 12.3. The van der Waals surface area contributed by atoms with Gasteiger partial charge >= 0.3 is 0 Å². The molecule has 2 N–H and O–H groups in total. The quantitative estimate of drug-likeness (QED) is 0.371. The molecule has 10 nitrogen and oxygen atoms in total. The number of aryl methyl sites for hydroxylation is 1. The number of rotatable bonds is 8. The summed E-state index contributed by atoms with van der Waals surface area (Å²) in [6.07, 6.45) is 6.77. The number of allylic oxidation sites excluding steroid dienone is 2. The van der Waals surface area contributed by atoms with Crippen LogP contribution in [0.3, 0.4) is 0 Å². The summed E-state index contributed by atoms with van der Waals surface area (Å²) in [5.74, 6) is 0.648. The van der Waals surface area contributed by atoms with Crippen LogP contribution in [-0.4, -0.2) is 58.0 Å². The number of methoxy groups -OCH3 is 1. The Morgan fingerprint density at radius 1 is 1.13 bits per heavy atom. The number of aromatic amines is 1. The van der Waals surface area contributed by atoms with Crippen LogP contribution in [0.2, 0.25) is 0 Å². The fourth-order valence-corrected chi connectivity index (χ4v) is 4.43. The summed E-state index contributed by atoms with van der Waals surface area (Å²) < 4.78 is 6.64. The summed E-state index contributed by atoms with van der Waals surface area (Å²) in [4.78, 5) is 43.7. The maximum absolute atomic E-state index is 13.5. The Labute approximate surface area is 218 Å². The van der Waals surface area contributed by atoms with Crippen LogP contribution >= 0.6 is 0 Å². The molecule has 0 aliphatic carbocycles. The van der Waals surface area contributed by atoms with Gasteiger partial charge in [0.05, 0.1) is 25.7 Å². The summed E-state index contributed by atoms with van der Waals surface area (Å²) in [7, 11) is 3.57. The van der Waals surface area contributed by atoms with Gasteiger partial charge in [-0.1, -0.05) is 35.6 Å². The zero-order valence-corrected chi connectivity index (χ0v) is 21.2. The van der Waals surface area contributed by atoms with Gasteiger partial charge in [0.1, 0.15) is 11.3 Å². The van der Waals surface area contributed by atoms with Crippen molar-refractivity contribution < 1.29 is 9.53 Å². The molecule has 5 rings (SSSR count). The number of amides is 1. The lowest BCUT2D eigenvalue weighted by Gasteiger charge is -2.23. The highest BCUT2D eigenvalue weighted by molar-refractivity contribution is 5.87. The van der Waals surface area contributed by atoms with Crippen molar-refractivity contribution in [2.45, 2.75) is 19.4 Å². The Balaban J connectivity index is 1.37. The Hall–Kier alpha value is -4.73. The van der Waals surface area contributed by atoms with E-state index in [4.69, 9.17) is 4.74 Å². The number of likely N-dealkylation sites (N-methyl/N-ethyl adjacent to an activating group) is 1. The minimum atomic E-state index is -0.498. The van der Waals surface area contributed by atoms with Crippen LogP contribution < -0.4 is 21.0 Å². The van der Waals surface area contributed by atoms with Gasteiger partial charge in [-0.3, -0.25) is 14.4 Å². The van der Waals surface area contributed by atoms with Crippen LogP contribution in [0.4, 0.5) is 0 Å². The number of fused-ring (bicyclic) bond motifs is 2. The number of nitrogens with one attached hydrogen (secondary N) is 2. The first kappa shape index (κ1) is 24.9. The SMILES string of the molecule is COc1ccc(Cn2nnc3c(=O)[nH]c4cc(CCC(=O)NCC5=CC=CCN5C)ccc4c(=O)c32)cc1. The second-order valence-electron chi connectivity index (χ2n) is 9.20. The van der Waals surface area contributed by atoms with E-state index in [1.165, 1.54) is 4.68 Å². The average molecular weight is 513 g/mol. The van der Waals surface area contributed by atoms with Gasteiger partial charge in [-0.2, -0.15) is 0 Å². The molecule has 3 heterocycles. The first-order chi connectivity index (χ1) is 18.4. The van der Waals surface area contributed by atoms with Crippen LogP contribution in [-0.2, 0) is 17.8 Å².